The first-order valence-electron chi connectivity index (χ1n) is 6.85. The number of alkyl halides is 2. The Labute approximate surface area is 118 Å². The van der Waals surface area contributed by atoms with Gasteiger partial charge in [0.1, 0.15) is 0 Å². The number of aryl methyl sites for hydroxylation is 1. The Morgan fingerprint density at radius 1 is 1.20 bits per heavy atom. The first-order valence-corrected chi connectivity index (χ1v) is 6.85. The maximum absolute atomic E-state index is 14.2. The van der Waals surface area contributed by atoms with Crippen LogP contribution in [0.2, 0.25) is 0 Å². The van der Waals surface area contributed by atoms with Crippen LogP contribution in [0.5, 0.6) is 0 Å². The van der Waals surface area contributed by atoms with Crippen molar-refractivity contribution in [2.45, 2.75) is 52.4 Å². The highest BCUT2D eigenvalue weighted by molar-refractivity contribution is 5.67. The van der Waals surface area contributed by atoms with E-state index in [9.17, 15) is 13.6 Å². The van der Waals surface area contributed by atoms with E-state index in [2.05, 4.69) is 0 Å². The van der Waals surface area contributed by atoms with Crippen molar-refractivity contribution in [3.05, 3.63) is 35.4 Å². The van der Waals surface area contributed by atoms with Gasteiger partial charge in [-0.25, -0.2) is 8.78 Å². The predicted molar refractivity (Wildman–Crippen MR) is 75.0 cm³/mol. The van der Waals surface area contributed by atoms with Crippen molar-refractivity contribution in [2.24, 2.45) is 5.41 Å². The number of hydrogen-bond acceptors (Lipinski definition) is 1. The Morgan fingerprint density at radius 3 is 2.20 bits per heavy atom. The number of carboxylic acid groups (broad SMARTS) is 1. The molecule has 1 N–H and O–H groups in total. The van der Waals surface area contributed by atoms with Crippen LogP contribution in [0.15, 0.2) is 24.3 Å². The third-order valence-corrected chi connectivity index (χ3v) is 3.25. The second kappa shape index (κ2) is 6.33. The summed E-state index contributed by atoms with van der Waals surface area (Å²) in [5.41, 5.74) is 0.0462. The third-order valence-electron chi connectivity index (χ3n) is 3.25. The molecule has 0 atom stereocenters. The molecule has 1 aromatic rings. The van der Waals surface area contributed by atoms with Crippen LogP contribution in [0.4, 0.5) is 8.78 Å². The normalized spacial score (nSPS) is 12.4. The van der Waals surface area contributed by atoms with Crippen LogP contribution in [0.25, 0.3) is 0 Å². The summed E-state index contributed by atoms with van der Waals surface area (Å²) in [4.78, 5) is 10.7. The van der Waals surface area contributed by atoms with Gasteiger partial charge in [0, 0.05) is 12.0 Å². The first kappa shape index (κ1) is 16.6. The van der Waals surface area contributed by atoms with Gasteiger partial charge in [-0.2, -0.15) is 0 Å². The van der Waals surface area contributed by atoms with Gasteiger partial charge in [0.2, 0.25) is 0 Å². The molecule has 0 saturated carbocycles. The number of rotatable bonds is 7. The van der Waals surface area contributed by atoms with Gasteiger partial charge in [0.25, 0.3) is 5.92 Å². The fourth-order valence-corrected chi connectivity index (χ4v) is 2.38. The molecule has 0 spiro atoms. The lowest BCUT2D eigenvalue weighted by atomic mass is 9.81. The van der Waals surface area contributed by atoms with E-state index in [4.69, 9.17) is 5.11 Å². The van der Waals surface area contributed by atoms with Crippen LogP contribution >= 0.6 is 0 Å². The summed E-state index contributed by atoms with van der Waals surface area (Å²) < 4.78 is 28.5. The fraction of sp³-hybridized carbons (Fsp3) is 0.562. The van der Waals surface area contributed by atoms with E-state index in [0.717, 1.165) is 18.4 Å². The molecule has 1 rings (SSSR count). The van der Waals surface area contributed by atoms with E-state index in [-0.39, 0.29) is 12.0 Å². The molecular formula is C16H22F2O2. The van der Waals surface area contributed by atoms with Gasteiger partial charge >= 0.3 is 5.97 Å². The fourth-order valence-electron chi connectivity index (χ4n) is 2.38. The van der Waals surface area contributed by atoms with E-state index in [1.54, 1.807) is 26.0 Å². The highest BCUT2D eigenvalue weighted by Gasteiger charge is 2.39. The Bertz CT molecular complexity index is 450. The zero-order valence-corrected chi connectivity index (χ0v) is 12.2. The summed E-state index contributed by atoms with van der Waals surface area (Å²) in [6, 6.07) is 6.33. The molecule has 0 aliphatic carbocycles. The minimum Gasteiger partial charge on any atom is -0.481 e. The number of aliphatic carboxylic acids is 1. The Kier molecular flexibility index (Phi) is 5.26. The summed E-state index contributed by atoms with van der Waals surface area (Å²) in [6.45, 7) is 5.15. The summed E-state index contributed by atoms with van der Waals surface area (Å²) in [6.07, 6.45) is 1.10. The van der Waals surface area contributed by atoms with Crippen molar-refractivity contribution in [2.75, 3.05) is 0 Å². The average Bonchev–Trinajstić information content (AvgIpc) is 2.26. The molecule has 20 heavy (non-hydrogen) atoms. The van der Waals surface area contributed by atoms with Gasteiger partial charge in [-0.05, 0) is 17.4 Å². The molecule has 1 aromatic carbocycles. The largest absolute Gasteiger partial charge is 0.481 e. The molecule has 0 unspecified atom stereocenters. The van der Waals surface area contributed by atoms with Gasteiger partial charge in [-0.1, -0.05) is 51.5 Å². The minimum absolute atomic E-state index is 0.0455. The van der Waals surface area contributed by atoms with E-state index in [1.807, 2.05) is 6.92 Å². The Hall–Kier alpha value is -1.45. The zero-order valence-electron chi connectivity index (χ0n) is 12.2. The van der Waals surface area contributed by atoms with Gasteiger partial charge in [0.05, 0.1) is 6.42 Å². The molecule has 0 fully saturated rings. The highest BCUT2D eigenvalue weighted by Crippen LogP contribution is 2.41. The molecule has 0 radical (unpaired) electrons. The second-order valence-corrected chi connectivity index (χ2v) is 6.06. The lowest BCUT2D eigenvalue weighted by Gasteiger charge is -2.28. The number of carbonyl (C=O) groups is 1. The third kappa shape index (κ3) is 4.91. The predicted octanol–water partition coefficient (Wildman–Crippen LogP) is 4.62. The molecule has 0 aromatic heterocycles. The lowest BCUT2D eigenvalue weighted by Crippen LogP contribution is -2.26. The summed E-state index contributed by atoms with van der Waals surface area (Å²) in [5, 5.41) is 8.77. The van der Waals surface area contributed by atoms with Crippen molar-refractivity contribution in [1.82, 2.24) is 0 Å². The number of carboxylic acids is 1. The maximum atomic E-state index is 14.2. The standard InChI is InChI=1S/C16H22F2O2/c1-4-5-12-6-8-13(9-7-12)16(17,18)11-15(2,3)10-14(19)20/h6-9H,4-5,10-11H2,1-3H3,(H,19,20). The summed E-state index contributed by atoms with van der Waals surface area (Å²) in [5.74, 6) is -4.06. The van der Waals surface area contributed by atoms with Crippen LogP contribution in [-0.2, 0) is 17.1 Å². The lowest BCUT2D eigenvalue weighted by molar-refractivity contribution is -0.140. The maximum Gasteiger partial charge on any atom is 0.303 e. The molecule has 0 saturated heterocycles. The van der Waals surface area contributed by atoms with Crippen LogP contribution < -0.4 is 0 Å². The van der Waals surface area contributed by atoms with Crippen molar-refractivity contribution in [3.63, 3.8) is 0 Å². The van der Waals surface area contributed by atoms with Gasteiger partial charge < -0.3 is 5.11 Å². The van der Waals surface area contributed by atoms with Crippen molar-refractivity contribution < 1.29 is 18.7 Å². The number of benzene rings is 1. The van der Waals surface area contributed by atoms with Crippen molar-refractivity contribution >= 4 is 5.97 Å². The van der Waals surface area contributed by atoms with E-state index in [1.165, 1.54) is 12.1 Å². The minimum atomic E-state index is -3.01. The Balaban J connectivity index is 2.84. The first-order chi connectivity index (χ1) is 9.16. The molecule has 112 valence electrons. The number of halogens is 2. The van der Waals surface area contributed by atoms with Gasteiger partial charge in [-0.3, -0.25) is 4.79 Å². The summed E-state index contributed by atoms with van der Waals surface area (Å²) in [7, 11) is 0. The second-order valence-electron chi connectivity index (χ2n) is 6.06. The van der Waals surface area contributed by atoms with Crippen LogP contribution in [0, 0.1) is 5.41 Å². The Morgan fingerprint density at radius 2 is 1.75 bits per heavy atom. The quantitative estimate of drug-likeness (QED) is 0.793. The van der Waals surface area contributed by atoms with Crippen molar-refractivity contribution in [1.29, 1.82) is 0 Å². The highest BCUT2D eigenvalue weighted by atomic mass is 19.3. The zero-order chi connectivity index (χ0) is 15.4. The van der Waals surface area contributed by atoms with E-state index < -0.39 is 23.7 Å². The molecule has 0 bridgehead atoms. The molecular weight excluding hydrogens is 262 g/mol. The smallest absolute Gasteiger partial charge is 0.303 e. The van der Waals surface area contributed by atoms with E-state index >= 15 is 0 Å². The van der Waals surface area contributed by atoms with Crippen LogP contribution in [0.3, 0.4) is 0 Å². The van der Waals surface area contributed by atoms with Crippen LogP contribution in [0.1, 0.15) is 51.2 Å². The van der Waals surface area contributed by atoms with Gasteiger partial charge in [-0.15, -0.1) is 0 Å². The molecule has 0 aliphatic rings. The molecule has 0 heterocycles. The van der Waals surface area contributed by atoms with Gasteiger partial charge in [0.15, 0.2) is 0 Å². The molecule has 0 amide bonds. The molecule has 4 heteroatoms. The topological polar surface area (TPSA) is 37.3 Å². The summed E-state index contributed by atoms with van der Waals surface area (Å²) >= 11 is 0. The number of hydrogen-bond donors (Lipinski definition) is 1. The average molecular weight is 284 g/mol. The van der Waals surface area contributed by atoms with E-state index in [0.29, 0.717) is 0 Å². The molecule has 0 aliphatic heterocycles. The van der Waals surface area contributed by atoms with Crippen molar-refractivity contribution in [3.8, 4) is 0 Å². The van der Waals surface area contributed by atoms with Crippen LogP contribution in [-0.4, -0.2) is 11.1 Å². The SMILES string of the molecule is CCCc1ccc(C(F)(F)CC(C)(C)CC(=O)O)cc1. The molecule has 2 nitrogen and oxygen atoms in total. The monoisotopic (exact) mass is 284 g/mol.